The quantitative estimate of drug-likeness (QED) is 0.803. The zero-order chi connectivity index (χ0) is 16.2. The molecule has 3 heteroatoms. The number of hydrogen-bond acceptors (Lipinski definition) is 2. The summed E-state index contributed by atoms with van der Waals surface area (Å²) in [4.78, 5) is 13.4. The SMILES string of the molecule is Cc1ccccc1SCC(=O)Nc1ccccc1C(C)(C)C. The lowest BCUT2D eigenvalue weighted by Crippen LogP contribution is -2.19. The molecule has 0 aliphatic heterocycles. The Kier molecular flexibility index (Phi) is 5.30. The molecule has 0 unspecified atom stereocenters. The van der Waals surface area contributed by atoms with Crippen LogP contribution in [-0.2, 0) is 10.2 Å². The molecule has 0 radical (unpaired) electrons. The van der Waals surface area contributed by atoms with Gasteiger partial charge in [0.25, 0.3) is 0 Å². The maximum Gasteiger partial charge on any atom is 0.234 e. The van der Waals surface area contributed by atoms with Crippen molar-refractivity contribution in [2.24, 2.45) is 0 Å². The summed E-state index contributed by atoms with van der Waals surface area (Å²) >= 11 is 1.58. The molecule has 2 aromatic carbocycles. The second kappa shape index (κ2) is 7.01. The van der Waals surface area contributed by atoms with Gasteiger partial charge in [-0.2, -0.15) is 0 Å². The van der Waals surface area contributed by atoms with Crippen molar-refractivity contribution < 1.29 is 4.79 Å². The van der Waals surface area contributed by atoms with E-state index < -0.39 is 0 Å². The molecule has 2 nitrogen and oxygen atoms in total. The maximum absolute atomic E-state index is 12.2. The number of thioether (sulfide) groups is 1. The maximum atomic E-state index is 12.2. The van der Waals surface area contributed by atoms with E-state index in [1.807, 2.05) is 30.3 Å². The first kappa shape index (κ1) is 16.6. The number of amides is 1. The molecule has 0 bridgehead atoms. The van der Waals surface area contributed by atoms with Crippen molar-refractivity contribution in [2.45, 2.75) is 38.0 Å². The number of hydrogen-bond donors (Lipinski definition) is 1. The Hall–Kier alpha value is -1.74. The van der Waals surface area contributed by atoms with E-state index in [1.54, 1.807) is 11.8 Å². The number of carbonyl (C=O) groups is 1. The highest BCUT2D eigenvalue weighted by atomic mass is 32.2. The molecule has 0 aliphatic carbocycles. The van der Waals surface area contributed by atoms with Crippen molar-refractivity contribution in [3.63, 3.8) is 0 Å². The van der Waals surface area contributed by atoms with Crippen LogP contribution in [0.2, 0.25) is 0 Å². The van der Waals surface area contributed by atoms with Gasteiger partial charge in [0.05, 0.1) is 5.75 Å². The zero-order valence-electron chi connectivity index (χ0n) is 13.6. The molecule has 0 saturated heterocycles. The minimum Gasteiger partial charge on any atom is -0.325 e. The van der Waals surface area contributed by atoms with Crippen LogP contribution < -0.4 is 5.32 Å². The van der Waals surface area contributed by atoms with Crippen molar-refractivity contribution >= 4 is 23.4 Å². The Labute approximate surface area is 137 Å². The van der Waals surface area contributed by atoms with E-state index in [2.05, 4.69) is 51.2 Å². The second-order valence-electron chi connectivity index (χ2n) is 6.40. The third kappa shape index (κ3) is 4.38. The molecule has 2 aromatic rings. The molecule has 0 spiro atoms. The number of benzene rings is 2. The average molecular weight is 313 g/mol. The Balaban J connectivity index is 2.03. The molecule has 0 aliphatic rings. The summed E-state index contributed by atoms with van der Waals surface area (Å²) in [5.41, 5.74) is 3.28. The van der Waals surface area contributed by atoms with E-state index in [0.29, 0.717) is 5.75 Å². The van der Waals surface area contributed by atoms with Gasteiger partial charge in [0.15, 0.2) is 0 Å². The van der Waals surface area contributed by atoms with Crippen LogP contribution in [0, 0.1) is 6.92 Å². The summed E-state index contributed by atoms with van der Waals surface area (Å²) in [7, 11) is 0. The largest absolute Gasteiger partial charge is 0.325 e. The van der Waals surface area contributed by atoms with Gasteiger partial charge in [-0.3, -0.25) is 4.79 Å². The average Bonchev–Trinajstić information content (AvgIpc) is 2.46. The molecule has 116 valence electrons. The fraction of sp³-hybridized carbons (Fsp3) is 0.316. The van der Waals surface area contributed by atoms with Crippen LogP contribution in [0.5, 0.6) is 0 Å². The number of aryl methyl sites for hydroxylation is 1. The normalized spacial score (nSPS) is 11.3. The van der Waals surface area contributed by atoms with Crippen molar-refractivity contribution in [3.05, 3.63) is 59.7 Å². The third-order valence-corrected chi connectivity index (χ3v) is 4.64. The van der Waals surface area contributed by atoms with Gasteiger partial charge in [-0.05, 0) is 35.6 Å². The molecule has 0 heterocycles. The van der Waals surface area contributed by atoms with Crippen LogP contribution in [-0.4, -0.2) is 11.7 Å². The van der Waals surface area contributed by atoms with E-state index in [9.17, 15) is 4.79 Å². The minimum absolute atomic E-state index is 0.00698. The van der Waals surface area contributed by atoms with Gasteiger partial charge in [-0.15, -0.1) is 11.8 Å². The predicted molar refractivity (Wildman–Crippen MR) is 95.7 cm³/mol. The first-order valence-electron chi connectivity index (χ1n) is 7.46. The summed E-state index contributed by atoms with van der Waals surface area (Å²) in [6.07, 6.45) is 0. The smallest absolute Gasteiger partial charge is 0.234 e. The predicted octanol–water partition coefficient (Wildman–Crippen LogP) is 5.02. The van der Waals surface area contributed by atoms with E-state index in [1.165, 1.54) is 5.56 Å². The lowest BCUT2D eigenvalue weighted by molar-refractivity contribution is -0.113. The Morgan fingerprint density at radius 1 is 1.05 bits per heavy atom. The first-order valence-corrected chi connectivity index (χ1v) is 8.44. The second-order valence-corrected chi connectivity index (χ2v) is 7.42. The summed E-state index contributed by atoms with van der Waals surface area (Å²) in [5, 5.41) is 3.05. The lowest BCUT2D eigenvalue weighted by atomic mass is 9.86. The van der Waals surface area contributed by atoms with Crippen LogP contribution in [0.15, 0.2) is 53.4 Å². The van der Waals surface area contributed by atoms with Gasteiger partial charge in [-0.25, -0.2) is 0 Å². The Morgan fingerprint density at radius 3 is 2.36 bits per heavy atom. The molecule has 1 N–H and O–H groups in total. The number of rotatable bonds is 4. The molecule has 0 atom stereocenters. The van der Waals surface area contributed by atoms with Crippen LogP contribution in [0.25, 0.3) is 0 Å². The molecule has 1 amide bonds. The zero-order valence-corrected chi connectivity index (χ0v) is 14.5. The van der Waals surface area contributed by atoms with Gasteiger partial charge >= 0.3 is 0 Å². The van der Waals surface area contributed by atoms with E-state index in [-0.39, 0.29) is 11.3 Å². The van der Waals surface area contributed by atoms with Gasteiger partial charge in [0.1, 0.15) is 0 Å². The van der Waals surface area contributed by atoms with E-state index >= 15 is 0 Å². The molecule has 0 fully saturated rings. The highest BCUT2D eigenvalue weighted by Crippen LogP contribution is 2.29. The van der Waals surface area contributed by atoms with Gasteiger partial charge in [0.2, 0.25) is 5.91 Å². The monoisotopic (exact) mass is 313 g/mol. The third-order valence-electron chi connectivity index (χ3n) is 3.46. The summed E-state index contributed by atoms with van der Waals surface area (Å²) in [6, 6.07) is 16.1. The van der Waals surface area contributed by atoms with Crippen molar-refractivity contribution in [2.75, 3.05) is 11.1 Å². The van der Waals surface area contributed by atoms with E-state index in [4.69, 9.17) is 0 Å². The van der Waals surface area contributed by atoms with Gasteiger partial charge in [-0.1, -0.05) is 57.2 Å². The number of anilines is 1. The van der Waals surface area contributed by atoms with Crippen LogP contribution >= 0.6 is 11.8 Å². The number of nitrogens with one attached hydrogen (secondary N) is 1. The van der Waals surface area contributed by atoms with E-state index in [0.717, 1.165) is 16.1 Å². The molecule has 2 rings (SSSR count). The Morgan fingerprint density at radius 2 is 1.68 bits per heavy atom. The van der Waals surface area contributed by atoms with Gasteiger partial charge < -0.3 is 5.32 Å². The first-order chi connectivity index (χ1) is 10.4. The standard InChI is InChI=1S/C19H23NOS/c1-14-9-5-8-12-17(14)22-13-18(21)20-16-11-7-6-10-15(16)19(2,3)4/h5-12H,13H2,1-4H3,(H,20,21). The fourth-order valence-electron chi connectivity index (χ4n) is 2.29. The van der Waals surface area contributed by atoms with Crippen molar-refractivity contribution in [1.29, 1.82) is 0 Å². The number of para-hydroxylation sites is 1. The molecular weight excluding hydrogens is 290 g/mol. The van der Waals surface area contributed by atoms with Crippen LogP contribution in [0.1, 0.15) is 31.9 Å². The molecule has 0 aromatic heterocycles. The molecule has 0 saturated carbocycles. The fourth-order valence-corrected chi connectivity index (χ4v) is 3.12. The summed E-state index contributed by atoms with van der Waals surface area (Å²) in [6.45, 7) is 8.52. The van der Waals surface area contributed by atoms with Crippen LogP contribution in [0.3, 0.4) is 0 Å². The highest BCUT2D eigenvalue weighted by molar-refractivity contribution is 8.00. The Bertz CT molecular complexity index is 658. The molecule has 22 heavy (non-hydrogen) atoms. The van der Waals surface area contributed by atoms with Gasteiger partial charge in [0, 0.05) is 10.6 Å². The minimum atomic E-state index is 0.00698. The van der Waals surface area contributed by atoms with Crippen molar-refractivity contribution in [3.8, 4) is 0 Å². The number of carbonyl (C=O) groups excluding carboxylic acids is 1. The summed E-state index contributed by atoms with van der Waals surface area (Å²) < 4.78 is 0. The van der Waals surface area contributed by atoms with Crippen molar-refractivity contribution in [1.82, 2.24) is 0 Å². The van der Waals surface area contributed by atoms with Crippen LogP contribution in [0.4, 0.5) is 5.69 Å². The lowest BCUT2D eigenvalue weighted by Gasteiger charge is -2.23. The highest BCUT2D eigenvalue weighted by Gasteiger charge is 2.18. The summed E-state index contributed by atoms with van der Waals surface area (Å²) in [5.74, 6) is 0.452. The molecular formula is C19H23NOS. The topological polar surface area (TPSA) is 29.1 Å².